The van der Waals surface area contributed by atoms with Crippen molar-refractivity contribution in [2.24, 2.45) is 0 Å². The third-order valence-corrected chi connectivity index (χ3v) is 3.93. The van der Waals surface area contributed by atoms with Gasteiger partial charge in [-0.05, 0) is 35.4 Å². The third kappa shape index (κ3) is 2.55. The van der Waals surface area contributed by atoms with Gasteiger partial charge in [0.2, 0.25) is 0 Å². The Hall–Kier alpha value is -3.81. The van der Waals surface area contributed by atoms with Gasteiger partial charge in [0.1, 0.15) is 5.65 Å². The summed E-state index contributed by atoms with van der Waals surface area (Å²) in [6.07, 6.45) is 0. The molecule has 122 valence electrons. The minimum Gasteiger partial charge on any atom is -0.291 e. The molecule has 0 radical (unpaired) electrons. The predicted molar refractivity (Wildman–Crippen MR) is 92.6 cm³/mol. The Balaban J connectivity index is 1.89. The summed E-state index contributed by atoms with van der Waals surface area (Å²) in [6.45, 7) is 0. The maximum atomic E-state index is 11.8. The third-order valence-electron chi connectivity index (χ3n) is 3.93. The number of pyridine rings is 1. The number of hydrogen-bond donors (Lipinski definition) is 2. The van der Waals surface area contributed by atoms with Crippen LogP contribution in [0.2, 0.25) is 0 Å². The van der Waals surface area contributed by atoms with Gasteiger partial charge >= 0.3 is 5.69 Å². The van der Waals surface area contributed by atoms with E-state index in [1.54, 1.807) is 24.3 Å². The number of nitro groups is 1. The van der Waals surface area contributed by atoms with Crippen LogP contribution in [0, 0.1) is 10.1 Å². The molecule has 0 saturated carbocycles. The van der Waals surface area contributed by atoms with Crippen molar-refractivity contribution >= 4 is 27.6 Å². The quantitative estimate of drug-likeness (QED) is 0.331. The van der Waals surface area contributed by atoms with Gasteiger partial charge in [0.25, 0.3) is 11.2 Å². The van der Waals surface area contributed by atoms with Crippen LogP contribution in [-0.4, -0.2) is 19.9 Å². The lowest BCUT2D eigenvalue weighted by molar-refractivity contribution is -0.384. The van der Waals surface area contributed by atoms with Crippen LogP contribution in [0.15, 0.2) is 58.1 Å². The fourth-order valence-corrected chi connectivity index (χ4v) is 2.70. The van der Waals surface area contributed by atoms with Gasteiger partial charge in [0, 0.05) is 17.5 Å². The number of aromatic nitrogens is 3. The number of fused-ring (bicyclic) bond motifs is 2. The highest BCUT2D eigenvalue weighted by molar-refractivity contribution is 5.92. The van der Waals surface area contributed by atoms with Crippen LogP contribution in [0.25, 0.3) is 33.1 Å². The SMILES string of the molecule is O=c1[nH]c(=O)c2cc3ccc(-c4ccc([N+](=O)[O-])cc4)cc3nc2[nH]1. The summed E-state index contributed by atoms with van der Waals surface area (Å²) >= 11 is 0. The molecular weight excluding hydrogens is 324 g/mol. The number of nitrogens with one attached hydrogen (secondary N) is 2. The van der Waals surface area contributed by atoms with Gasteiger partial charge in [-0.15, -0.1) is 0 Å². The van der Waals surface area contributed by atoms with E-state index in [9.17, 15) is 19.7 Å². The van der Waals surface area contributed by atoms with Crippen molar-refractivity contribution in [2.75, 3.05) is 0 Å². The molecule has 0 spiro atoms. The molecule has 8 nitrogen and oxygen atoms in total. The van der Waals surface area contributed by atoms with Crippen molar-refractivity contribution in [1.82, 2.24) is 15.0 Å². The van der Waals surface area contributed by atoms with Gasteiger partial charge in [-0.1, -0.05) is 12.1 Å². The van der Waals surface area contributed by atoms with Crippen LogP contribution in [0.5, 0.6) is 0 Å². The molecule has 2 N–H and O–H groups in total. The number of nitrogens with zero attached hydrogens (tertiary/aromatic N) is 2. The van der Waals surface area contributed by atoms with Crippen molar-refractivity contribution < 1.29 is 4.92 Å². The summed E-state index contributed by atoms with van der Waals surface area (Å²) in [6, 6.07) is 13.3. The Kier molecular flexibility index (Phi) is 3.17. The molecule has 2 heterocycles. The average molecular weight is 334 g/mol. The van der Waals surface area contributed by atoms with Gasteiger partial charge in [0.15, 0.2) is 0 Å². The second kappa shape index (κ2) is 5.38. The van der Waals surface area contributed by atoms with Crippen molar-refractivity contribution in [3.8, 4) is 11.1 Å². The molecule has 25 heavy (non-hydrogen) atoms. The van der Waals surface area contributed by atoms with Gasteiger partial charge in [-0.3, -0.25) is 24.9 Å². The molecule has 0 aliphatic heterocycles. The van der Waals surface area contributed by atoms with E-state index in [0.29, 0.717) is 10.9 Å². The first-order valence-corrected chi connectivity index (χ1v) is 7.33. The predicted octanol–water partition coefficient (Wildman–Crippen LogP) is 2.34. The summed E-state index contributed by atoms with van der Waals surface area (Å²) in [7, 11) is 0. The molecule has 0 fully saturated rings. The number of hydrogen-bond acceptors (Lipinski definition) is 5. The summed E-state index contributed by atoms with van der Waals surface area (Å²) in [5, 5.41) is 11.8. The lowest BCUT2D eigenvalue weighted by Gasteiger charge is -2.05. The summed E-state index contributed by atoms with van der Waals surface area (Å²) in [4.78, 5) is 42.6. The maximum absolute atomic E-state index is 11.8. The van der Waals surface area contributed by atoms with Crippen molar-refractivity contribution in [1.29, 1.82) is 0 Å². The average Bonchev–Trinajstić information content (AvgIpc) is 2.60. The first-order valence-electron chi connectivity index (χ1n) is 7.33. The Morgan fingerprint density at radius 3 is 2.36 bits per heavy atom. The van der Waals surface area contributed by atoms with E-state index in [2.05, 4.69) is 15.0 Å². The molecule has 8 heteroatoms. The van der Waals surface area contributed by atoms with E-state index >= 15 is 0 Å². The van der Waals surface area contributed by atoms with E-state index in [4.69, 9.17) is 0 Å². The minimum absolute atomic E-state index is 0.0189. The zero-order valence-corrected chi connectivity index (χ0v) is 12.6. The highest BCUT2D eigenvalue weighted by Gasteiger charge is 2.08. The largest absolute Gasteiger partial charge is 0.327 e. The lowest BCUT2D eigenvalue weighted by Crippen LogP contribution is -2.22. The maximum Gasteiger partial charge on any atom is 0.327 e. The number of non-ortho nitro benzene ring substituents is 1. The number of aromatic amines is 2. The Morgan fingerprint density at radius 1 is 0.920 bits per heavy atom. The van der Waals surface area contributed by atoms with Gasteiger partial charge in [-0.2, -0.15) is 0 Å². The van der Waals surface area contributed by atoms with Crippen molar-refractivity contribution in [3.63, 3.8) is 0 Å². The van der Waals surface area contributed by atoms with Crippen LogP contribution in [0.3, 0.4) is 0 Å². The van der Waals surface area contributed by atoms with E-state index in [0.717, 1.165) is 16.5 Å². The molecule has 0 aliphatic rings. The molecular formula is C17H10N4O4. The van der Waals surface area contributed by atoms with Crippen LogP contribution in [0.4, 0.5) is 5.69 Å². The normalized spacial score (nSPS) is 11.0. The molecule has 4 rings (SSSR count). The molecule has 0 saturated heterocycles. The molecule has 2 aromatic carbocycles. The first kappa shape index (κ1) is 14.8. The Morgan fingerprint density at radius 2 is 1.64 bits per heavy atom. The molecule has 0 atom stereocenters. The number of rotatable bonds is 2. The van der Waals surface area contributed by atoms with Crippen LogP contribution in [0.1, 0.15) is 0 Å². The zero-order chi connectivity index (χ0) is 17.6. The number of H-pyrrole nitrogens is 2. The highest BCUT2D eigenvalue weighted by Crippen LogP contribution is 2.26. The van der Waals surface area contributed by atoms with E-state index in [1.165, 1.54) is 12.1 Å². The molecule has 4 aromatic rings. The summed E-state index contributed by atoms with van der Waals surface area (Å²) < 4.78 is 0. The fourth-order valence-electron chi connectivity index (χ4n) is 2.70. The standard InChI is InChI=1S/C17H10N4O4/c22-16-13-7-11-2-1-10(9-3-5-12(6-4-9)21(24)25)8-14(11)18-15(13)19-17(23)20-16/h1-8H,(H2,18,19,20,22,23). The molecule has 0 aliphatic carbocycles. The molecule has 2 aromatic heterocycles. The van der Waals surface area contributed by atoms with Crippen LogP contribution >= 0.6 is 0 Å². The smallest absolute Gasteiger partial charge is 0.291 e. The van der Waals surface area contributed by atoms with Crippen LogP contribution < -0.4 is 11.2 Å². The van der Waals surface area contributed by atoms with Gasteiger partial charge < -0.3 is 0 Å². The van der Waals surface area contributed by atoms with Gasteiger partial charge in [-0.25, -0.2) is 9.78 Å². The van der Waals surface area contributed by atoms with Crippen molar-refractivity contribution in [2.45, 2.75) is 0 Å². The minimum atomic E-state index is -0.615. The van der Waals surface area contributed by atoms with E-state index in [-0.39, 0.29) is 11.3 Å². The molecule has 0 unspecified atom stereocenters. The monoisotopic (exact) mass is 334 g/mol. The summed E-state index contributed by atoms with van der Waals surface area (Å²) in [5.74, 6) is 0. The Labute approximate surface area is 138 Å². The Bertz CT molecular complexity index is 1260. The summed E-state index contributed by atoms with van der Waals surface area (Å²) in [5.41, 5.74) is 1.34. The lowest BCUT2D eigenvalue weighted by atomic mass is 10.0. The van der Waals surface area contributed by atoms with Crippen LogP contribution in [-0.2, 0) is 0 Å². The van der Waals surface area contributed by atoms with E-state index in [1.807, 2.05) is 12.1 Å². The van der Waals surface area contributed by atoms with Gasteiger partial charge in [0.05, 0.1) is 15.8 Å². The van der Waals surface area contributed by atoms with Crippen molar-refractivity contribution in [3.05, 3.63) is 79.5 Å². The fraction of sp³-hybridized carbons (Fsp3) is 0. The first-order chi connectivity index (χ1) is 12.0. The molecule has 0 bridgehead atoms. The number of nitro benzene ring substituents is 1. The second-order valence-corrected chi connectivity index (χ2v) is 5.50. The zero-order valence-electron chi connectivity index (χ0n) is 12.6. The van der Waals surface area contributed by atoms with E-state index < -0.39 is 16.2 Å². The highest BCUT2D eigenvalue weighted by atomic mass is 16.6. The topological polar surface area (TPSA) is 122 Å². The number of benzene rings is 2. The second-order valence-electron chi connectivity index (χ2n) is 5.50. The molecule has 0 amide bonds.